The van der Waals surface area contributed by atoms with Crippen LogP contribution in [-0.4, -0.2) is 11.0 Å². The van der Waals surface area contributed by atoms with Crippen LogP contribution in [0, 0.1) is 25.5 Å². The second-order valence-electron chi connectivity index (χ2n) is 4.76. The zero-order chi connectivity index (χ0) is 14.7. The SMILES string of the molecule is Cc1nc(CC(Cc2ccc(F)cc2F)NN)sc1C. The molecule has 2 rings (SSSR count). The highest BCUT2D eigenvalue weighted by molar-refractivity contribution is 7.11. The Morgan fingerprint density at radius 3 is 2.60 bits per heavy atom. The van der Waals surface area contributed by atoms with Crippen LogP contribution in [0.5, 0.6) is 0 Å². The van der Waals surface area contributed by atoms with Gasteiger partial charge in [-0.25, -0.2) is 13.8 Å². The second-order valence-corrected chi connectivity index (χ2v) is 6.04. The Bertz CT molecular complexity index is 579. The molecule has 0 fully saturated rings. The van der Waals surface area contributed by atoms with E-state index in [1.54, 1.807) is 11.3 Å². The van der Waals surface area contributed by atoms with Crippen LogP contribution >= 0.6 is 11.3 Å². The fraction of sp³-hybridized carbons (Fsp3) is 0.357. The molecule has 0 bridgehead atoms. The van der Waals surface area contributed by atoms with Crippen LogP contribution < -0.4 is 11.3 Å². The summed E-state index contributed by atoms with van der Waals surface area (Å²) in [5, 5.41) is 0.963. The van der Waals surface area contributed by atoms with Crippen molar-refractivity contribution in [3.8, 4) is 0 Å². The van der Waals surface area contributed by atoms with Crippen LogP contribution in [-0.2, 0) is 12.8 Å². The lowest BCUT2D eigenvalue weighted by molar-refractivity contribution is 0.501. The van der Waals surface area contributed by atoms with Gasteiger partial charge in [-0.1, -0.05) is 6.07 Å². The average molecular weight is 297 g/mol. The minimum atomic E-state index is -0.574. The smallest absolute Gasteiger partial charge is 0.129 e. The monoisotopic (exact) mass is 297 g/mol. The molecular formula is C14H17F2N3S. The number of hydrogen-bond acceptors (Lipinski definition) is 4. The molecular weight excluding hydrogens is 280 g/mol. The van der Waals surface area contributed by atoms with Gasteiger partial charge in [0.1, 0.15) is 11.6 Å². The van der Waals surface area contributed by atoms with E-state index in [0.29, 0.717) is 18.4 Å². The molecule has 1 aromatic heterocycles. The highest BCUT2D eigenvalue weighted by Gasteiger charge is 2.15. The molecule has 1 atom stereocenters. The molecule has 3 N–H and O–H groups in total. The lowest BCUT2D eigenvalue weighted by Gasteiger charge is -2.15. The lowest BCUT2D eigenvalue weighted by atomic mass is 10.0. The highest BCUT2D eigenvalue weighted by Crippen LogP contribution is 2.19. The summed E-state index contributed by atoms with van der Waals surface area (Å²) >= 11 is 1.61. The van der Waals surface area contributed by atoms with E-state index >= 15 is 0 Å². The Labute approximate surface area is 120 Å². The quantitative estimate of drug-likeness (QED) is 0.659. The van der Waals surface area contributed by atoms with Crippen molar-refractivity contribution >= 4 is 11.3 Å². The minimum Gasteiger partial charge on any atom is -0.271 e. The summed E-state index contributed by atoms with van der Waals surface area (Å²) < 4.78 is 26.5. The first-order chi connectivity index (χ1) is 9.49. The molecule has 0 aliphatic rings. The van der Waals surface area contributed by atoms with E-state index in [1.165, 1.54) is 17.0 Å². The first-order valence-electron chi connectivity index (χ1n) is 6.32. The summed E-state index contributed by atoms with van der Waals surface area (Å²) in [4.78, 5) is 5.62. The van der Waals surface area contributed by atoms with E-state index in [1.807, 2.05) is 13.8 Å². The highest BCUT2D eigenvalue weighted by atomic mass is 32.1. The maximum absolute atomic E-state index is 13.6. The van der Waals surface area contributed by atoms with Crippen molar-refractivity contribution in [3.63, 3.8) is 0 Å². The predicted molar refractivity (Wildman–Crippen MR) is 76.5 cm³/mol. The van der Waals surface area contributed by atoms with E-state index in [2.05, 4.69) is 10.4 Å². The summed E-state index contributed by atoms with van der Waals surface area (Å²) in [5.41, 5.74) is 4.13. The average Bonchev–Trinajstić information content (AvgIpc) is 2.70. The van der Waals surface area contributed by atoms with Crippen molar-refractivity contribution in [1.82, 2.24) is 10.4 Å². The summed E-state index contributed by atoms with van der Waals surface area (Å²) in [5.74, 6) is 4.40. The number of thiazole rings is 1. The first-order valence-corrected chi connectivity index (χ1v) is 7.14. The van der Waals surface area contributed by atoms with Gasteiger partial charge < -0.3 is 0 Å². The summed E-state index contributed by atoms with van der Waals surface area (Å²) in [6.07, 6.45) is 1.01. The van der Waals surface area contributed by atoms with Crippen molar-refractivity contribution in [1.29, 1.82) is 0 Å². The number of aromatic nitrogens is 1. The van der Waals surface area contributed by atoms with Crippen LogP contribution in [0.15, 0.2) is 18.2 Å². The molecule has 6 heteroatoms. The van der Waals surface area contributed by atoms with Gasteiger partial charge in [-0.3, -0.25) is 11.3 Å². The number of halogens is 2. The molecule has 1 unspecified atom stereocenters. The molecule has 0 amide bonds. The van der Waals surface area contributed by atoms with Gasteiger partial charge >= 0.3 is 0 Å². The van der Waals surface area contributed by atoms with Gasteiger partial charge in [-0.2, -0.15) is 0 Å². The molecule has 1 aromatic carbocycles. The third-order valence-electron chi connectivity index (χ3n) is 3.21. The predicted octanol–water partition coefficient (Wildman–Crippen LogP) is 2.66. The third kappa shape index (κ3) is 3.59. The zero-order valence-electron chi connectivity index (χ0n) is 11.4. The number of rotatable bonds is 5. The molecule has 2 aromatic rings. The van der Waals surface area contributed by atoms with E-state index in [0.717, 1.165) is 16.8 Å². The largest absolute Gasteiger partial charge is 0.271 e. The van der Waals surface area contributed by atoms with Crippen LogP contribution in [0.25, 0.3) is 0 Å². The normalized spacial score (nSPS) is 12.7. The molecule has 0 saturated carbocycles. The topological polar surface area (TPSA) is 50.9 Å². The van der Waals surface area contributed by atoms with E-state index in [9.17, 15) is 8.78 Å². The van der Waals surface area contributed by atoms with Crippen molar-refractivity contribution in [2.75, 3.05) is 0 Å². The van der Waals surface area contributed by atoms with Crippen molar-refractivity contribution < 1.29 is 8.78 Å². The van der Waals surface area contributed by atoms with E-state index in [-0.39, 0.29) is 6.04 Å². The number of nitrogens with two attached hydrogens (primary N) is 1. The molecule has 0 radical (unpaired) electrons. The first kappa shape index (κ1) is 15.0. The van der Waals surface area contributed by atoms with Crippen LogP contribution in [0.3, 0.4) is 0 Å². The van der Waals surface area contributed by atoms with E-state index < -0.39 is 11.6 Å². The minimum absolute atomic E-state index is 0.139. The maximum Gasteiger partial charge on any atom is 0.129 e. The Hall–Kier alpha value is -1.37. The summed E-state index contributed by atoms with van der Waals surface area (Å²) in [6, 6.07) is 3.46. The number of nitrogens with zero attached hydrogens (tertiary/aromatic N) is 1. The molecule has 0 spiro atoms. The molecule has 20 heavy (non-hydrogen) atoms. The van der Waals surface area contributed by atoms with Gasteiger partial charge in [0.15, 0.2) is 0 Å². The summed E-state index contributed by atoms with van der Waals surface area (Å²) in [7, 11) is 0. The van der Waals surface area contributed by atoms with Gasteiger partial charge in [0.2, 0.25) is 0 Å². The second kappa shape index (κ2) is 6.39. The van der Waals surface area contributed by atoms with Crippen molar-refractivity contribution in [2.24, 2.45) is 5.84 Å². The van der Waals surface area contributed by atoms with Crippen molar-refractivity contribution in [2.45, 2.75) is 32.7 Å². The van der Waals surface area contributed by atoms with Gasteiger partial charge in [0, 0.05) is 23.4 Å². The molecule has 108 valence electrons. The number of hydrazine groups is 1. The Morgan fingerprint density at radius 1 is 1.30 bits per heavy atom. The number of nitrogens with one attached hydrogen (secondary N) is 1. The fourth-order valence-electron chi connectivity index (χ4n) is 1.98. The Kier molecular flexibility index (Phi) is 4.80. The van der Waals surface area contributed by atoms with Gasteiger partial charge in [-0.05, 0) is 31.9 Å². The van der Waals surface area contributed by atoms with Crippen molar-refractivity contribution in [3.05, 3.63) is 51.0 Å². The van der Waals surface area contributed by atoms with E-state index in [4.69, 9.17) is 5.84 Å². The maximum atomic E-state index is 13.6. The molecule has 0 aliphatic heterocycles. The molecule has 0 saturated heterocycles. The number of benzene rings is 1. The fourth-order valence-corrected chi connectivity index (χ4v) is 2.99. The van der Waals surface area contributed by atoms with Gasteiger partial charge in [0.05, 0.1) is 10.7 Å². The third-order valence-corrected chi connectivity index (χ3v) is 4.31. The molecule has 1 heterocycles. The lowest BCUT2D eigenvalue weighted by Crippen LogP contribution is -2.38. The Morgan fingerprint density at radius 2 is 2.05 bits per heavy atom. The Balaban J connectivity index is 2.08. The number of aryl methyl sites for hydroxylation is 2. The summed E-state index contributed by atoms with van der Waals surface area (Å²) in [6.45, 7) is 3.97. The molecule has 3 nitrogen and oxygen atoms in total. The molecule has 0 aliphatic carbocycles. The standard InChI is InChI=1S/C14H17F2N3S/c1-8-9(2)20-14(18-8)7-12(19-17)5-10-3-4-11(15)6-13(10)16/h3-4,6,12,19H,5,7,17H2,1-2H3. The zero-order valence-corrected chi connectivity index (χ0v) is 12.2. The van der Waals surface area contributed by atoms with Gasteiger partial charge in [-0.15, -0.1) is 11.3 Å². The van der Waals surface area contributed by atoms with Crippen LogP contribution in [0.1, 0.15) is 21.1 Å². The van der Waals surface area contributed by atoms with Gasteiger partial charge in [0.25, 0.3) is 0 Å². The van der Waals surface area contributed by atoms with Crippen LogP contribution in [0.4, 0.5) is 8.78 Å². The number of hydrogen-bond donors (Lipinski definition) is 2. The van der Waals surface area contributed by atoms with Crippen LogP contribution in [0.2, 0.25) is 0 Å².